The minimum Gasteiger partial charge on any atom is -0.324 e. The van der Waals surface area contributed by atoms with Crippen molar-refractivity contribution in [3.05, 3.63) is 24.0 Å². The molecule has 0 spiro atoms. The zero-order valence-electron chi connectivity index (χ0n) is 13.8. The van der Waals surface area contributed by atoms with E-state index in [0.29, 0.717) is 19.6 Å². The molecule has 0 aliphatic carbocycles. The molecule has 1 fully saturated rings. The van der Waals surface area contributed by atoms with Gasteiger partial charge in [-0.1, -0.05) is 0 Å². The van der Waals surface area contributed by atoms with Crippen molar-refractivity contribution in [2.45, 2.75) is 31.2 Å². The lowest BCUT2D eigenvalue weighted by Crippen LogP contribution is -2.58. The first-order chi connectivity index (χ1) is 10.5. The van der Waals surface area contributed by atoms with Crippen molar-refractivity contribution in [3.8, 4) is 0 Å². The molecule has 0 aromatic heterocycles. The molecule has 1 heterocycles. The molecule has 1 N–H and O–H groups in total. The fourth-order valence-electron chi connectivity index (χ4n) is 2.50. The third kappa shape index (κ3) is 3.70. The number of carbonyl (C=O) groups excluding carboxylic acids is 1. The summed E-state index contributed by atoms with van der Waals surface area (Å²) in [6.07, 6.45) is 0. The van der Waals surface area contributed by atoms with Gasteiger partial charge in [0.2, 0.25) is 15.9 Å². The predicted octanol–water partition coefficient (Wildman–Crippen LogP) is 1.50. The maximum Gasteiger partial charge on any atom is 0.243 e. The van der Waals surface area contributed by atoms with Gasteiger partial charge in [-0.3, -0.25) is 9.69 Å². The van der Waals surface area contributed by atoms with Gasteiger partial charge in [0.05, 0.1) is 10.6 Å². The predicted molar refractivity (Wildman–Crippen MR) is 86.2 cm³/mol. The number of hydrogen-bond donors (Lipinski definition) is 1. The van der Waals surface area contributed by atoms with E-state index in [1.807, 2.05) is 20.9 Å². The minimum absolute atomic E-state index is 0.0250. The van der Waals surface area contributed by atoms with Gasteiger partial charge in [0.25, 0.3) is 0 Å². The summed E-state index contributed by atoms with van der Waals surface area (Å²) in [5, 5.41) is 2.31. The number of piperazine rings is 1. The lowest BCUT2D eigenvalue weighted by molar-refractivity contribution is -0.114. The van der Waals surface area contributed by atoms with Crippen LogP contribution in [-0.2, 0) is 14.8 Å². The zero-order chi connectivity index (χ0) is 17.4. The van der Waals surface area contributed by atoms with Crippen molar-refractivity contribution in [2.24, 2.45) is 0 Å². The van der Waals surface area contributed by atoms with Crippen LogP contribution in [0.4, 0.5) is 10.1 Å². The SMILES string of the molecule is CC(=O)Nc1cc(S(=O)(=O)N2CCN(C)C(C)(C)C2)ccc1F. The van der Waals surface area contributed by atoms with Crippen LogP contribution in [0.3, 0.4) is 0 Å². The molecule has 0 atom stereocenters. The average Bonchev–Trinajstić information content (AvgIpc) is 2.43. The second-order valence-electron chi connectivity index (χ2n) is 6.40. The summed E-state index contributed by atoms with van der Waals surface area (Å²) in [6, 6.07) is 3.44. The number of nitrogens with one attached hydrogen (secondary N) is 1. The highest BCUT2D eigenvalue weighted by Gasteiger charge is 2.37. The van der Waals surface area contributed by atoms with E-state index in [1.54, 1.807) is 0 Å². The Bertz CT molecular complexity index is 719. The van der Waals surface area contributed by atoms with Gasteiger partial charge < -0.3 is 5.32 Å². The topological polar surface area (TPSA) is 69.7 Å². The number of hydrogen-bond acceptors (Lipinski definition) is 4. The monoisotopic (exact) mass is 343 g/mol. The molecule has 1 aliphatic rings. The van der Waals surface area contributed by atoms with E-state index >= 15 is 0 Å². The summed E-state index contributed by atoms with van der Waals surface area (Å²) in [4.78, 5) is 13.2. The highest BCUT2D eigenvalue weighted by atomic mass is 32.2. The number of nitrogens with zero attached hydrogens (tertiary/aromatic N) is 2. The Labute approximate surface area is 136 Å². The molecule has 128 valence electrons. The molecule has 0 bridgehead atoms. The number of halogens is 1. The highest BCUT2D eigenvalue weighted by molar-refractivity contribution is 7.89. The molecular weight excluding hydrogens is 321 g/mol. The lowest BCUT2D eigenvalue weighted by atomic mass is 10.0. The summed E-state index contributed by atoms with van der Waals surface area (Å²) in [5.41, 5.74) is -0.418. The van der Waals surface area contributed by atoms with Crippen LogP contribution in [0.15, 0.2) is 23.1 Å². The van der Waals surface area contributed by atoms with E-state index in [0.717, 1.165) is 12.1 Å². The van der Waals surface area contributed by atoms with E-state index in [1.165, 1.54) is 17.3 Å². The molecule has 1 aromatic carbocycles. The first-order valence-corrected chi connectivity index (χ1v) is 8.76. The van der Waals surface area contributed by atoms with Crippen LogP contribution in [0, 0.1) is 5.82 Å². The summed E-state index contributed by atoms with van der Waals surface area (Å²) >= 11 is 0. The smallest absolute Gasteiger partial charge is 0.243 e. The van der Waals surface area contributed by atoms with Crippen LogP contribution >= 0.6 is 0 Å². The Kier molecular flexibility index (Phi) is 4.79. The van der Waals surface area contributed by atoms with E-state index in [2.05, 4.69) is 10.2 Å². The highest BCUT2D eigenvalue weighted by Crippen LogP contribution is 2.27. The molecular formula is C15H22FN3O3S. The summed E-state index contributed by atoms with van der Waals surface area (Å²) in [6.45, 7) is 6.52. The van der Waals surface area contributed by atoms with Gasteiger partial charge in [0.15, 0.2) is 0 Å². The van der Waals surface area contributed by atoms with E-state index in [4.69, 9.17) is 0 Å². The van der Waals surface area contributed by atoms with Crippen molar-refractivity contribution < 1.29 is 17.6 Å². The standard InChI is InChI=1S/C15H22FN3O3S/c1-11(20)17-14-9-12(5-6-13(14)16)23(21,22)19-8-7-18(4)15(2,3)10-19/h5-6,9H,7-8,10H2,1-4H3,(H,17,20). The Morgan fingerprint density at radius 1 is 1.30 bits per heavy atom. The molecule has 2 rings (SSSR count). The molecule has 6 nitrogen and oxygen atoms in total. The van der Waals surface area contributed by atoms with Crippen LogP contribution < -0.4 is 5.32 Å². The molecule has 0 saturated carbocycles. The molecule has 1 aromatic rings. The number of anilines is 1. The van der Waals surface area contributed by atoms with Crippen molar-refractivity contribution in [1.82, 2.24) is 9.21 Å². The van der Waals surface area contributed by atoms with E-state index < -0.39 is 21.7 Å². The van der Waals surface area contributed by atoms with Crippen LogP contribution in [0.2, 0.25) is 0 Å². The van der Waals surface area contributed by atoms with Gasteiger partial charge in [-0.15, -0.1) is 0 Å². The van der Waals surface area contributed by atoms with Gasteiger partial charge >= 0.3 is 0 Å². The Morgan fingerprint density at radius 2 is 1.96 bits per heavy atom. The number of benzene rings is 1. The van der Waals surface area contributed by atoms with E-state index in [-0.39, 0.29) is 16.1 Å². The second-order valence-corrected chi connectivity index (χ2v) is 8.33. The van der Waals surface area contributed by atoms with Gasteiger partial charge in [-0.2, -0.15) is 4.31 Å². The molecule has 8 heteroatoms. The van der Waals surface area contributed by atoms with Crippen LogP contribution in [-0.4, -0.2) is 55.8 Å². The molecule has 0 radical (unpaired) electrons. The summed E-state index contributed by atoms with van der Waals surface area (Å²) < 4.78 is 40.7. The third-order valence-electron chi connectivity index (χ3n) is 4.17. The normalized spacial score (nSPS) is 19.5. The minimum atomic E-state index is -3.74. The number of amides is 1. The van der Waals surface area contributed by atoms with Crippen molar-refractivity contribution >= 4 is 21.6 Å². The Hall–Kier alpha value is -1.51. The van der Waals surface area contributed by atoms with Crippen LogP contribution in [0.25, 0.3) is 0 Å². The Balaban J connectivity index is 2.35. The maximum atomic E-state index is 13.7. The first-order valence-electron chi connectivity index (χ1n) is 7.32. The third-order valence-corrected chi connectivity index (χ3v) is 6.01. The molecule has 23 heavy (non-hydrogen) atoms. The van der Waals surface area contributed by atoms with Crippen molar-refractivity contribution in [1.29, 1.82) is 0 Å². The molecule has 1 aliphatic heterocycles. The largest absolute Gasteiger partial charge is 0.324 e. The first kappa shape index (κ1) is 17.8. The number of likely N-dealkylation sites (N-methyl/N-ethyl adjacent to an activating group) is 1. The lowest BCUT2D eigenvalue weighted by Gasteiger charge is -2.44. The zero-order valence-corrected chi connectivity index (χ0v) is 14.6. The van der Waals surface area contributed by atoms with Crippen LogP contribution in [0.1, 0.15) is 20.8 Å². The summed E-state index contributed by atoms with van der Waals surface area (Å²) in [7, 11) is -1.79. The molecule has 1 amide bonds. The Morgan fingerprint density at radius 3 is 2.52 bits per heavy atom. The number of rotatable bonds is 3. The quantitative estimate of drug-likeness (QED) is 0.903. The van der Waals surface area contributed by atoms with Gasteiger partial charge in [-0.05, 0) is 39.1 Å². The van der Waals surface area contributed by atoms with Crippen molar-refractivity contribution in [2.75, 3.05) is 32.0 Å². The van der Waals surface area contributed by atoms with Crippen molar-refractivity contribution in [3.63, 3.8) is 0 Å². The number of sulfonamides is 1. The van der Waals surface area contributed by atoms with Gasteiger partial charge in [-0.25, -0.2) is 12.8 Å². The second kappa shape index (κ2) is 6.18. The van der Waals surface area contributed by atoms with E-state index in [9.17, 15) is 17.6 Å². The fraction of sp³-hybridized carbons (Fsp3) is 0.533. The number of carbonyl (C=O) groups is 1. The molecule has 0 unspecified atom stereocenters. The van der Waals surface area contributed by atoms with Gasteiger partial charge in [0.1, 0.15) is 5.82 Å². The average molecular weight is 343 g/mol. The maximum absolute atomic E-state index is 13.7. The fourth-order valence-corrected chi connectivity index (χ4v) is 4.11. The molecule has 1 saturated heterocycles. The van der Waals surface area contributed by atoms with Gasteiger partial charge in [0, 0.05) is 32.1 Å². The van der Waals surface area contributed by atoms with Crippen LogP contribution in [0.5, 0.6) is 0 Å². The summed E-state index contributed by atoms with van der Waals surface area (Å²) in [5.74, 6) is -1.13.